The molecule has 0 spiro atoms. The predicted molar refractivity (Wildman–Crippen MR) is 235 cm³/mol. The molecule has 0 amide bonds. The van der Waals surface area contributed by atoms with Crippen LogP contribution in [0.1, 0.15) is 136 Å². The zero-order chi connectivity index (χ0) is 42.3. The van der Waals surface area contributed by atoms with Gasteiger partial charge in [0.2, 0.25) is 0 Å². The Kier molecular flexibility index (Phi) is 35.6. The Morgan fingerprint density at radius 1 is 0.632 bits per heavy atom. The largest absolute Gasteiger partial charge is 0.472 e. The van der Waals surface area contributed by atoms with Gasteiger partial charge in [-0.2, -0.15) is 0 Å². The van der Waals surface area contributed by atoms with Crippen LogP contribution in [0.4, 0.5) is 0 Å². The molecule has 2 N–H and O–H groups in total. The Morgan fingerprint density at radius 3 is 1.72 bits per heavy atom. The van der Waals surface area contributed by atoms with Gasteiger partial charge in [0.05, 0.1) is 33.9 Å². The van der Waals surface area contributed by atoms with E-state index in [1.807, 2.05) is 33.3 Å². The molecule has 0 bridgehead atoms. The van der Waals surface area contributed by atoms with Gasteiger partial charge in [0.15, 0.2) is 6.10 Å². The van der Waals surface area contributed by atoms with E-state index in [2.05, 4.69) is 86.8 Å². The smallest absolute Gasteiger partial charge is 0.462 e. The Bertz CT molecular complexity index is 1260. The Balaban J connectivity index is 4.54. The molecule has 0 aromatic rings. The van der Waals surface area contributed by atoms with E-state index in [0.29, 0.717) is 36.7 Å². The number of carbonyl (C=O) groups excluding carboxylic acids is 2. The van der Waals surface area contributed by atoms with Crippen molar-refractivity contribution in [1.29, 1.82) is 0 Å². The molecule has 0 saturated heterocycles. The van der Waals surface area contributed by atoms with E-state index in [1.165, 1.54) is 0 Å². The SMILES string of the molecule is CC/C=C\C/C=C\C/C=C\CCCCCCCC(=O)OC[C@H](COP(=O)(O)OCC[N+](C)(C)C)OC(=O)CCC/C=C\C/C=C\C/C=C\C/C=C\CC(O)CCC. The lowest BCUT2D eigenvalue weighted by molar-refractivity contribution is -0.870. The van der Waals surface area contributed by atoms with Gasteiger partial charge in [-0.3, -0.25) is 18.6 Å². The molecule has 0 aromatic carbocycles. The summed E-state index contributed by atoms with van der Waals surface area (Å²) in [5.74, 6) is -0.915. The molecule has 0 rings (SSSR count). The lowest BCUT2D eigenvalue weighted by atomic mass is 10.1. The summed E-state index contributed by atoms with van der Waals surface area (Å²) in [5.41, 5.74) is 0. The summed E-state index contributed by atoms with van der Waals surface area (Å²) in [6.07, 6.45) is 44.1. The minimum absolute atomic E-state index is 0.00690. The summed E-state index contributed by atoms with van der Waals surface area (Å²) < 4.78 is 34.2. The molecule has 326 valence electrons. The highest BCUT2D eigenvalue weighted by Crippen LogP contribution is 2.43. The van der Waals surface area contributed by atoms with Gasteiger partial charge >= 0.3 is 19.8 Å². The summed E-state index contributed by atoms with van der Waals surface area (Å²) in [4.78, 5) is 35.3. The molecule has 0 saturated carbocycles. The van der Waals surface area contributed by atoms with Crippen LogP contribution < -0.4 is 0 Å². The highest BCUT2D eigenvalue weighted by molar-refractivity contribution is 7.47. The van der Waals surface area contributed by atoms with Crippen LogP contribution in [0.5, 0.6) is 0 Å². The van der Waals surface area contributed by atoms with Crippen molar-refractivity contribution in [3.05, 3.63) is 85.1 Å². The number of ether oxygens (including phenoxy) is 2. The molecular formula is C46H79NO9P+. The number of aliphatic hydroxyl groups excluding tert-OH is 1. The number of phosphoric ester groups is 1. The van der Waals surface area contributed by atoms with Gasteiger partial charge in [-0.1, -0.05) is 125 Å². The monoisotopic (exact) mass is 821 g/mol. The van der Waals surface area contributed by atoms with E-state index in [4.69, 9.17) is 18.5 Å². The molecule has 0 aliphatic carbocycles. The molecule has 0 radical (unpaired) electrons. The van der Waals surface area contributed by atoms with Crippen molar-refractivity contribution in [3.8, 4) is 0 Å². The number of phosphoric acid groups is 1. The highest BCUT2D eigenvalue weighted by Gasteiger charge is 2.27. The lowest BCUT2D eigenvalue weighted by Gasteiger charge is -2.24. The van der Waals surface area contributed by atoms with Gasteiger partial charge in [0.25, 0.3) is 0 Å². The molecule has 11 heteroatoms. The quantitative estimate of drug-likeness (QED) is 0.0207. The van der Waals surface area contributed by atoms with Crippen molar-refractivity contribution in [2.24, 2.45) is 0 Å². The van der Waals surface area contributed by atoms with Gasteiger partial charge in [-0.15, -0.1) is 0 Å². The number of aliphatic hydroxyl groups is 1. The van der Waals surface area contributed by atoms with E-state index in [9.17, 15) is 24.2 Å². The molecule has 0 aliphatic rings. The maximum atomic E-state index is 12.7. The maximum Gasteiger partial charge on any atom is 0.472 e. The van der Waals surface area contributed by atoms with Crippen LogP contribution in [-0.2, 0) is 32.7 Å². The van der Waals surface area contributed by atoms with E-state index < -0.39 is 32.5 Å². The second-order valence-electron chi connectivity index (χ2n) is 15.2. The van der Waals surface area contributed by atoms with Crippen LogP contribution in [0, 0.1) is 0 Å². The topological polar surface area (TPSA) is 129 Å². The number of hydrogen-bond donors (Lipinski definition) is 2. The summed E-state index contributed by atoms with van der Waals surface area (Å²) in [6, 6.07) is 0. The third kappa shape index (κ3) is 41.1. The average molecular weight is 821 g/mol. The van der Waals surface area contributed by atoms with E-state index >= 15 is 0 Å². The number of carbonyl (C=O) groups is 2. The first-order chi connectivity index (χ1) is 27.4. The maximum absolute atomic E-state index is 12.7. The van der Waals surface area contributed by atoms with Crippen molar-refractivity contribution in [3.63, 3.8) is 0 Å². The predicted octanol–water partition coefficient (Wildman–Crippen LogP) is 11.0. The van der Waals surface area contributed by atoms with Gasteiger partial charge in [-0.25, -0.2) is 4.57 Å². The highest BCUT2D eigenvalue weighted by atomic mass is 31.2. The lowest BCUT2D eigenvalue weighted by Crippen LogP contribution is -2.37. The van der Waals surface area contributed by atoms with Crippen LogP contribution in [-0.4, -0.2) is 86.1 Å². The third-order valence-electron chi connectivity index (χ3n) is 8.47. The fraction of sp³-hybridized carbons (Fsp3) is 0.652. The first-order valence-corrected chi connectivity index (χ1v) is 22.9. The number of hydrogen-bond acceptors (Lipinski definition) is 8. The molecule has 0 heterocycles. The zero-order valence-corrected chi connectivity index (χ0v) is 37.0. The Morgan fingerprint density at radius 2 is 1.14 bits per heavy atom. The number of esters is 2. The fourth-order valence-corrected chi connectivity index (χ4v) is 5.89. The molecule has 0 fully saturated rings. The molecular weight excluding hydrogens is 741 g/mol. The normalized spacial score (nSPS) is 15.0. The Hall–Kier alpha value is -2.85. The van der Waals surface area contributed by atoms with Crippen LogP contribution in [0.2, 0.25) is 0 Å². The number of unbranched alkanes of at least 4 members (excludes halogenated alkanes) is 6. The van der Waals surface area contributed by atoms with Crippen molar-refractivity contribution < 1.29 is 47.2 Å². The van der Waals surface area contributed by atoms with Crippen molar-refractivity contribution in [2.45, 2.75) is 148 Å². The molecule has 0 aromatic heterocycles. The minimum atomic E-state index is -4.41. The molecule has 0 aliphatic heterocycles. The molecule has 57 heavy (non-hydrogen) atoms. The second-order valence-corrected chi connectivity index (χ2v) is 16.6. The van der Waals surface area contributed by atoms with Gasteiger partial charge in [0, 0.05) is 12.8 Å². The van der Waals surface area contributed by atoms with Crippen molar-refractivity contribution in [1.82, 2.24) is 0 Å². The second kappa shape index (κ2) is 37.4. The minimum Gasteiger partial charge on any atom is -0.462 e. The fourth-order valence-electron chi connectivity index (χ4n) is 5.15. The zero-order valence-electron chi connectivity index (χ0n) is 36.1. The number of nitrogens with zero attached hydrogens (tertiary/aromatic N) is 1. The summed E-state index contributed by atoms with van der Waals surface area (Å²) in [5, 5.41) is 9.74. The average Bonchev–Trinajstić information content (AvgIpc) is 3.15. The first-order valence-electron chi connectivity index (χ1n) is 21.4. The summed E-state index contributed by atoms with van der Waals surface area (Å²) >= 11 is 0. The number of likely N-dealkylation sites (N-methyl/N-ethyl adjacent to an activating group) is 1. The first kappa shape index (κ1) is 54.2. The van der Waals surface area contributed by atoms with Crippen LogP contribution in [0.25, 0.3) is 0 Å². The van der Waals surface area contributed by atoms with E-state index in [0.717, 1.165) is 83.5 Å². The Labute approximate surface area is 346 Å². The van der Waals surface area contributed by atoms with E-state index in [-0.39, 0.29) is 32.2 Å². The summed E-state index contributed by atoms with van der Waals surface area (Å²) in [6.45, 7) is 3.98. The van der Waals surface area contributed by atoms with Crippen molar-refractivity contribution >= 4 is 19.8 Å². The summed E-state index contributed by atoms with van der Waals surface area (Å²) in [7, 11) is 1.39. The van der Waals surface area contributed by atoms with Crippen LogP contribution in [0.15, 0.2) is 85.1 Å². The van der Waals surface area contributed by atoms with E-state index in [1.54, 1.807) is 0 Å². The molecule has 2 unspecified atom stereocenters. The number of allylic oxidation sites excluding steroid dienone is 13. The van der Waals surface area contributed by atoms with Gasteiger partial charge in [0.1, 0.15) is 19.8 Å². The van der Waals surface area contributed by atoms with Crippen LogP contribution in [0.3, 0.4) is 0 Å². The number of rotatable bonds is 37. The third-order valence-corrected chi connectivity index (χ3v) is 9.45. The van der Waals surface area contributed by atoms with Gasteiger partial charge in [-0.05, 0) is 83.5 Å². The van der Waals surface area contributed by atoms with Gasteiger partial charge < -0.3 is 24.0 Å². The number of quaternary nitrogens is 1. The molecule has 3 atom stereocenters. The molecule has 10 nitrogen and oxygen atoms in total. The van der Waals surface area contributed by atoms with Crippen LogP contribution >= 0.6 is 7.82 Å². The van der Waals surface area contributed by atoms with Crippen molar-refractivity contribution in [2.75, 3.05) is 47.5 Å². The standard InChI is InChI=1S/C46H78NO9P/c1-6-8-9-10-11-12-13-14-15-18-21-24-27-30-33-37-45(49)53-41-44(42-55-57(51,52)54-40-39-47(3,4)5)56-46(50)38-34-31-28-25-22-19-16-17-20-23-26-29-32-36-43(48)35-7-2/h8-9,11-12,14-16,19-20,23,25,28-29,32,43-44,48H,6-7,10,13,17-18,21-22,24,26-27,30-31,33-42H2,1-5H3/p+1/b9-8-,12-11-,15-14-,19-16-,23-20-,28-25-,32-29-/t43?,44-/m1/s1.